The van der Waals surface area contributed by atoms with Crippen LogP contribution in [0.2, 0.25) is 0 Å². The van der Waals surface area contributed by atoms with Crippen molar-refractivity contribution in [3.8, 4) is 0 Å². The molecule has 1 saturated carbocycles. The van der Waals surface area contributed by atoms with Gasteiger partial charge in [0.05, 0.1) is 21.0 Å². The summed E-state index contributed by atoms with van der Waals surface area (Å²) < 4.78 is 0. The summed E-state index contributed by atoms with van der Waals surface area (Å²) in [5.41, 5.74) is 0. The Kier molecular flexibility index (Phi) is 0.824. The summed E-state index contributed by atoms with van der Waals surface area (Å²) in [6, 6.07) is 0. The van der Waals surface area contributed by atoms with Crippen molar-refractivity contribution in [2.24, 2.45) is 0 Å². The van der Waals surface area contributed by atoms with E-state index in [4.69, 9.17) is 0 Å². The molecule has 4 heteroatoms. The second-order valence-corrected chi connectivity index (χ2v) is 5.34. The maximum atomic E-state index is 11.2. The Morgan fingerprint density at radius 1 is 0.800 bits per heavy atom. The van der Waals surface area contributed by atoms with Crippen molar-refractivity contribution < 1.29 is 9.59 Å². The van der Waals surface area contributed by atoms with Crippen LogP contribution in [0.4, 0.5) is 0 Å². The number of thioether (sulfide) groups is 2. The molecular formula is C6H4O2S2. The molecule has 4 unspecified atom stereocenters. The summed E-state index contributed by atoms with van der Waals surface area (Å²) in [6.07, 6.45) is 0. The molecule has 0 aromatic rings. The van der Waals surface area contributed by atoms with Crippen LogP contribution in [0.5, 0.6) is 0 Å². The number of hydrogen-bond donors (Lipinski definition) is 0. The standard InChI is InChI=1S/C6H4O2S2/c7-1-3-5(9-3)2(8)6-4(1)10-6/h3-6H. The van der Waals surface area contributed by atoms with Gasteiger partial charge < -0.3 is 0 Å². The summed E-state index contributed by atoms with van der Waals surface area (Å²) in [7, 11) is 0. The number of Topliss-reactive ketones (excluding diaryl/α,β-unsaturated/α-hetero) is 2. The van der Waals surface area contributed by atoms with Crippen LogP contribution >= 0.6 is 23.5 Å². The Hall–Kier alpha value is 0.0400. The minimum Gasteiger partial charge on any atom is -0.297 e. The third-order valence-corrected chi connectivity index (χ3v) is 4.67. The van der Waals surface area contributed by atoms with Gasteiger partial charge >= 0.3 is 0 Å². The molecule has 1 aliphatic carbocycles. The van der Waals surface area contributed by atoms with E-state index >= 15 is 0 Å². The van der Waals surface area contributed by atoms with Gasteiger partial charge in [-0.05, 0) is 0 Å². The summed E-state index contributed by atoms with van der Waals surface area (Å²) >= 11 is 3.07. The summed E-state index contributed by atoms with van der Waals surface area (Å²) in [6.45, 7) is 0. The number of carbonyl (C=O) groups excluding carboxylic acids is 2. The minimum atomic E-state index is 0.0729. The zero-order valence-electron chi connectivity index (χ0n) is 4.94. The van der Waals surface area contributed by atoms with Crippen LogP contribution in [0.1, 0.15) is 0 Å². The van der Waals surface area contributed by atoms with E-state index in [0.29, 0.717) is 11.6 Å². The van der Waals surface area contributed by atoms with E-state index in [2.05, 4.69) is 0 Å². The fourth-order valence-electron chi connectivity index (χ4n) is 1.41. The molecule has 3 fully saturated rings. The molecule has 2 aliphatic heterocycles. The minimum absolute atomic E-state index is 0.0729. The normalized spacial score (nSPS) is 55.6. The van der Waals surface area contributed by atoms with Crippen LogP contribution in [0.15, 0.2) is 0 Å². The van der Waals surface area contributed by atoms with Crippen molar-refractivity contribution in [1.82, 2.24) is 0 Å². The largest absolute Gasteiger partial charge is 0.297 e. The van der Waals surface area contributed by atoms with E-state index < -0.39 is 0 Å². The first kappa shape index (κ1) is 5.66. The molecule has 2 saturated heterocycles. The van der Waals surface area contributed by atoms with Crippen LogP contribution in [-0.2, 0) is 9.59 Å². The van der Waals surface area contributed by atoms with Gasteiger partial charge in [0.15, 0.2) is 11.6 Å². The lowest BCUT2D eigenvalue weighted by Crippen LogP contribution is -2.31. The van der Waals surface area contributed by atoms with E-state index in [0.717, 1.165) is 0 Å². The molecule has 0 N–H and O–H groups in total. The third kappa shape index (κ3) is 0.507. The summed E-state index contributed by atoms with van der Waals surface area (Å²) in [5.74, 6) is 0.647. The molecule has 3 aliphatic rings. The van der Waals surface area contributed by atoms with Crippen molar-refractivity contribution in [1.29, 1.82) is 0 Å². The van der Waals surface area contributed by atoms with Gasteiger partial charge in [0, 0.05) is 0 Å². The Bertz CT molecular complexity index is 204. The smallest absolute Gasteiger partial charge is 0.161 e. The van der Waals surface area contributed by atoms with E-state index in [1.807, 2.05) is 0 Å². The van der Waals surface area contributed by atoms with Crippen LogP contribution in [0.3, 0.4) is 0 Å². The predicted octanol–water partition coefficient (Wildman–Crippen LogP) is 0.106. The van der Waals surface area contributed by atoms with E-state index in [9.17, 15) is 9.59 Å². The van der Waals surface area contributed by atoms with E-state index in [1.165, 1.54) is 23.5 Å². The number of hydrogen-bond acceptors (Lipinski definition) is 4. The molecule has 0 bridgehead atoms. The second kappa shape index (κ2) is 1.46. The van der Waals surface area contributed by atoms with Crippen molar-refractivity contribution in [3.05, 3.63) is 0 Å². The number of carbonyl (C=O) groups is 2. The van der Waals surface area contributed by atoms with Gasteiger partial charge in [0.1, 0.15) is 0 Å². The Morgan fingerprint density at radius 2 is 1.10 bits per heavy atom. The first-order valence-electron chi connectivity index (χ1n) is 3.17. The predicted molar refractivity (Wildman–Crippen MR) is 40.3 cm³/mol. The molecule has 2 heterocycles. The maximum Gasteiger partial charge on any atom is 0.161 e. The molecule has 4 atom stereocenters. The molecular weight excluding hydrogens is 168 g/mol. The first-order chi connectivity index (χ1) is 4.79. The summed E-state index contributed by atoms with van der Waals surface area (Å²) in [5, 5.41) is 0.292. The lowest BCUT2D eigenvalue weighted by atomic mass is 9.98. The van der Waals surface area contributed by atoms with E-state index in [1.54, 1.807) is 0 Å². The van der Waals surface area contributed by atoms with Crippen LogP contribution in [-0.4, -0.2) is 32.6 Å². The van der Waals surface area contributed by atoms with Gasteiger partial charge in [-0.1, -0.05) is 0 Å². The average molecular weight is 172 g/mol. The van der Waals surface area contributed by atoms with Gasteiger partial charge in [-0.2, -0.15) is 0 Å². The van der Waals surface area contributed by atoms with Crippen molar-refractivity contribution >= 4 is 35.1 Å². The summed E-state index contributed by atoms with van der Waals surface area (Å²) in [4.78, 5) is 22.3. The fourth-order valence-corrected chi connectivity index (χ4v) is 3.70. The number of ketones is 2. The quantitative estimate of drug-likeness (QED) is 0.486. The average Bonchev–Trinajstić information content (AvgIpc) is 2.77. The maximum absolute atomic E-state index is 11.2. The molecule has 52 valence electrons. The lowest BCUT2D eigenvalue weighted by molar-refractivity contribution is -0.124. The zero-order valence-corrected chi connectivity index (χ0v) is 6.58. The fraction of sp³-hybridized carbons (Fsp3) is 0.667. The highest BCUT2D eigenvalue weighted by molar-refractivity contribution is 8.13. The second-order valence-electron chi connectivity index (χ2n) is 2.76. The van der Waals surface area contributed by atoms with Gasteiger partial charge in [-0.3, -0.25) is 9.59 Å². The Labute approximate surface area is 66.1 Å². The van der Waals surface area contributed by atoms with Gasteiger partial charge in [-0.25, -0.2) is 0 Å². The monoisotopic (exact) mass is 172 g/mol. The molecule has 2 nitrogen and oxygen atoms in total. The van der Waals surface area contributed by atoms with Crippen molar-refractivity contribution in [3.63, 3.8) is 0 Å². The zero-order chi connectivity index (χ0) is 6.88. The van der Waals surface area contributed by atoms with Crippen molar-refractivity contribution in [2.45, 2.75) is 21.0 Å². The van der Waals surface area contributed by atoms with Gasteiger partial charge in [0.25, 0.3) is 0 Å². The highest BCUT2D eigenvalue weighted by Gasteiger charge is 2.66. The lowest BCUT2D eigenvalue weighted by Gasteiger charge is -1.99. The van der Waals surface area contributed by atoms with Gasteiger partial charge in [0.2, 0.25) is 0 Å². The Morgan fingerprint density at radius 3 is 1.40 bits per heavy atom. The molecule has 3 rings (SSSR count). The highest BCUT2D eigenvalue weighted by Crippen LogP contribution is 2.58. The Balaban J connectivity index is 2.01. The van der Waals surface area contributed by atoms with E-state index in [-0.39, 0.29) is 21.0 Å². The third-order valence-electron chi connectivity index (χ3n) is 2.10. The number of fused-ring (bicyclic) bond motifs is 2. The van der Waals surface area contributed by atoms with Crippen molar-refractivity contribution in [2.75, 3.05) is 0 Å². The molecule has 0 radical (unpaired) electrons. The first-order valence-corrected chi connectivity index (χ1v) is 5.06. The molecule has 0 spiro atoms. The molecule has 0 aromatic carbocycles. The van der Waals surface area contributed by atoms with Gasteiger partial charge in [-0.15, -0.1) is 23.5 Å². The highest BCUT2D eigenvalue weighted by atomic mass is 32.2. The van der Waals surface area contributed by atoms with Crippen LogP contribution < -0.4 is 0 Å². The molecule has 10 heavy (non-hydrogen) atoms. The molecule has 0 amide bonds. The number of rotatable bonds is 0. The topological polar surface area (TPSA) is 34.1 Å². The van der Waals surface area contributed by atoms with Crippen LogP contribution in [0.25, 0.3) is 0 Å². The van der Waals surface area contributed by atoms with Crippen LogP contribution in [0, 0.1) is 0 Å². The SMILES string of the molecule is O=C1C2SC2C(=O)C2SC12. The molecule has 0 aromatic heterocycles.